The van der Waals surface area contributed by atoms with Gasteiger partial charge in [0, 0.05) is 0 Å². The van der Waals surface area contributed by atoms with E-state index in [1.165, 1.54) is 25.7 Å². The largest absolute Gasteiger partial charge is 0.328 e. The van der Waals surface area contributed by atoms with Crippen molar-refractivity contribution in [1.29, 1.82) is 0 Å². The molecule has 0 heterocycles. The summed E-state index contributed by atoms with van der Waals surface area (Å²) in [7, 11) is -2.25. The van der Waals surface area contributed by atoms with Crippen molar-refractivity contribution in [3.63, 3.8) is 0 Å². The molecule has 0 aromatic rings. The summed E-state index contributed by atoms with van der Waals surface area (Å²) in [6.07, 6.45) is 13.5. The number of rotatable bonds is 14. The quantitative estimate of drug-likeness (QED) is 0.320. The van der Waals surface area contributed by atoms with Gasteiger partial charge >= 0.3 is 8.60 Å². The summed E-state index contributed by atoms with van der Waals surface area (Å²) in [5.41, 5.74) is -0.298. The minimum absolute atomic E-state index is 0.298. The van der Waals surface area contributed by atoms with Gasteiger partial charge in [0.15, 0.2) is 0 Å². The molecule has 0 aromatic heterocycles. The van der Waals surface area contributed by atoms with Crippen LogP contribution in [-0.2, 0) is 4.52 Å². The fourth-order valence-corrected chi connectivity index (χ4v) is 3.35. The zero-order valence-electron chi connectivity index (χ0n) is 13.7. The zero-order chi connectivity index (χ0) is 15.3. The summed E-state index contributed by atoms with van der Waals surface area (Å²) in [5, 5.41) is 0. The van der Waals surface area contributed by atoms with Gasteiger partial charge in [0.05, 0.1) is 5.60 Å². The highest BCUT2D eigenvalue weighted by Crippen LogP contribution is 2.41. The summed E-state index contributed by atoms with van der Waals surface area (Å²) in [6, 6.07) is 0. The van der Waals surface area contributed by atoms with Crippen molar-refractivity contribution in [2.75, 3.05) is 0 Å². The van der Waals surface area contributed by atoms with E-state index in [-0.39, 0.29) is 5.60 Å². The van der Waals surface area contributed by atoms with Gasteiger partial charge in [0.25, 0.3) is 0 Å². The van der Waals surface area contributed by atoms with Gasteiger partial charge in [0.2, 0.25) is 0 Å². The average Bonchev–Trinajstić information content (AvgIpc) is 2.42. The molecule has 0 atom stereocenters. The summed E-state index contributed by atoms with van der Waals surface area (Å²) in [6.45, 7) is 6.57. The highest BCUT2D eigenvalue weighted by Gasteiger charge is 2.32. The van der Waals surface area contributed by atoms with E-state index in [4.69, 9.17) is 4.52 Å². The van der Waals surface area contributed by atoms with Crippen LogP contribution in [-0.4, -0.2) is 15.4 Å². The van der Waals surface area contributed by atoms with Gasteiger partial charge in [-0.25, -0.2) is 0 Å². The number of unbranched alkanes of at least 4 members (excludes halogenated alkanes) is 6. The first-order chi connectivity index (χ1) is 9.60. The lowest BCUT2D eigenvalue weighted by Crippen LogP contribution is -2.31. The Labute approximate surface area is 127 Å². The van der Waals surface area contributed by atoms with Crippen LogP contribution in [0.4, 0.5) is 0 Å². The van der Waals surface area contributed by atoms with Gasteiger partial charge in [-0.1, -0.05) is 78.6 Å². The van der Waals surface area contributed by atoms with Crippen molar-refractivity contribution in [3.8, 4) is 0 Å². The zero-order valence-corrected chi connectivity index (χ0v) is 14.6. The summed E-state index contributed by atoms with van der Waals surface area (Å²) in [4.78, 5) is 18.7. The molecule has 0 aliphatic carbocycles. The fraction of sp³-hybridized carbons (Fsp3) is 1.00. The molecule has 20 heavy (non-hydrogen) atoms. The van der Waals surface area contributed by atoms with E-state index >= 15 is 0 Å². The third-order valence-corrected chi connectivity index (χ3v) is 4.53. The Morgan fingerprint density at radius 3 is 1.60 bits per heavy atom. The molecule has 0 aliphatic heterocycles. The Balaban J connectivity index is 4.42. The number of hydrogen-bond acceptors (Lipinski definition) is 3. The molecule has 0 saturated carbocycles. The second-order valence-corrected chi connectivity index (χ2v) is 6.59. The van der Waals surface area contributed by atoms with Crippen LogP contribution in [0.3, 0.4) is 0 Å². The minimum atomic E-state index is -2.25. The van der Waals surface area contributed by atoms with Crippen LogP contribution in [0.1, 0.15) is 97.8 Å². The molecule has 0 saturated heterocycles. The summed E-state index contributed by atoms with van der Waals surface area (Å²) in [5.74, 6) is 0. The van der Waals surface area contributed by atoms with Crippen molar-refractivity contribution in [2.24, 2.45) is 0 Å². The molecule has 3 nitrogen and oxygen atoms in total. The maximum absolute atomic E-state index is 9.33. The molecule has 2 N–H and O–H groups in total. The van der Waals surface area contributed by atoms with E-state index in [0.29, 0.717) is 0 Å². The van der Waals surface area contributed by atoms with Crippen LogP contribution in [0.2, 0.25) is 0 Å². The van der Waals surface area contributed by atoms with Crippen molar-refractivity contribution < 1.29 is 14.3 Å². The Bertz CT molecular complexity index is 202. The fourth-order valence-electron chi connectivity index (χ4n) is 2.73. The van der Waals surface area contributed by atoms with Crippen LogP contribution in [0, 0.1) is 0 Å². The van der Waals surface area contributed by atoms with Crippen molar-refractivity contribution in [3.05, 3.63) is 0 Å². The Morgan fingerprint density at radius 1 is 0.700 bits per heavy atom. The monoisotopic (exact) mass is 306 g/mol. The van der Waals surface area contributed by atoms with Crippen LogP contribution < -0.4 is 0 Å². The molecule has 0 rings (SSSR count). The van der Waals surface area contributed by atoms with Gasteiger partial charge in [-0.2, -0.15) is 0 Å². The van der Waals surface area contributed by atoms with Crippen LogP contribution in [0.15, 0.2) is 0 Å². The van der Waals surface area contributed by atoms with Crippen LogP contribution in [0.5, 0.6) is 0 Å². The van der Waals surface area contributed by atoms with Gasteiger partial charge in [0.1, 0.15) is 0 Å². The van der Waals surface area contributed by atoms with E-state index in [0.717, 1.165) is 51.4 Å². The smallest absolute Gasteiger partial charge is 0.327 e. The average molecular weight is 306 g/mol. The lowest BCUT2D eigenvalue weighted by Gasteiger charge is -2.34. The molecule has 0 radical (unpaired) electrons. The number of hydrogen-bond donors (Lipinski definition) is 2. The van der Waals surface area contributed by atoms with Gasteiger partial charge in [-0.15, -0.1) is 0 Å². The van der Waals surface area contributed by atoms with Gasteiger partial charge in [-0.3, -0.25) is 0 Å². The maximum atomic E-state index is 9.33. The lowest BCUT2D eigenvalue weighted by molar-refractivity contribution is 0.0228. The minimum Gasteiger partial charge on any atom is -0.328 e. The summed E-state index contributed by atoms with van der Waals surface area (Å²) < 4.78 is 5.62. The molecular weight excluding hydrogens is 271 g/mol. The third-order valence-electron chi connectivity index (χ3n) is 3.98. The first-order valence-corrected chi connectivity index (χ1v) is 9.63. The van der Waals surface area contributed by atoms with E-state index < -0.39 is 8.60 Å². The van der Waals surface area contributed by atoms with Crippen molar-refractivity contribution >= 4 is 8.60 Å². The molecule has 4 heteroatoms. The van der Waals surface area contributed by atoms with Gasteiger partial charge < -0.3 is 14.3 Å². The molecular formula is C16H35O3P. The molecule has 0 unspecified atom stereocenters. The SMILES string of the molecule is CCCCCCCC(CCCC)(CCCC)OP(O)O. The highest BCUT2D eigenvalue weighted by atomic mass is 31.2. The lowest BCUT2D eigenvalue weighted by atomic mass is 9.86. The molecule has 0 aromatic carbocycles. The topological polar surface area (TPSA) is 49.7 Å². The molecule has 0 aliphatic rings. The Hall–Kier alpha value is 0.310. The van der Waals surface area contributed by atoms with E-state index in [2.05, 4.69) is 20.8 Å². The van der Waals surface area contributed by atoms with Gasteiger partial charge in [-0.05, 0) is 19.3 Å². The van der Waals surface area contributed by atoms with E-state index in [1.54, 1.807) is 0 Å². The van der Waals surface area contributed by atoms with E-state index in [1.807, 2.05) is 0 Å². The van der Waals surface area contributed by atoms with Crippen LogP contribution in [0.25, 0.3) is 0 Å². The standard InChI is InChI=1S/C16H35O3P/c1-4-7-10-11-12-15-16(13-8-5-2,14-9-6-3)19-20(17)18/h17-18H,4-15H2,1-3H3. The van der Waals surface area contributed by atoms with Crippen LogP contribution >= 0.6 is 8.60 Å². The Kier molecular flexibility index (Phi) is 13.2. The first-order valence-electron chi connectivity index (χ1n) is 8.47. The van der Waals surface area contributed by atoms with Crippen molar-refractivity contribution in [1.82, 2.24) is 0 Å². The molecule has 0 fully saturated rings. The highest BCUT2D eigenvalue weighted by molar-refractivity contribution is 7.39. The molecule has 122 valence electrons. The molecule has 0 bridgehead atoms. The molecule has 0 amide bonds. The summed E-state index contributed by atoms with van der Waals surface area (Å²) >= 11 is 0. The first kappa shape index (κ1) is 20.3. The van der Waals surface area contributed by atoms with E-state index in [9.17, 15) is 9.79 Å². The Morgan fingerprint density at radius 2 is 1.15 bits per heavy atom. The van der Waals surface area contributed by atoms with Crippen molar-refractivity contribution in [2.45, 2.75) is 103 Å². The third kappa shape index (κ3) is 10.1. The second-order valence-electron chi connectivity index (χ2n) is 5.90. The maximum Gasteiger partial charge on any atom is 0.327 e. The normalized spacial score (nSPS) is 12.3. The predicted molar refractivity (Wildman–Crippen MR) is 87.6 cm³/mol. The second kappa shape index (κ2) is 13.0. The molecule has 0 spiro atoms. The predicted octanol–water partition coefficient (Wildman–Crippen LogP) is 5.69.